The van der Waals surface area contributed by atoms with Crippen LogP contribution in [0.25, 0.3) is 0 Å². The summed E-state index contributed by atoms with van der Waals surface area (Å²) in [5.74, 6) is 2.64. The molecule has 112 valence electrons. The van der Waals surface area contributed by atoms with Gasteiger partial charge in [-0.05, 0) is 39.5 Å². The Labute approximate surface area is 121 Å². The van der Waals surface area contributed by atoms with E-state index >= 15 is 0 Å². The Balaban J connectivity index is 2.08. The van der Waals surface area contributed by atoms with Crippen LogP contribution in [0.1, 0.15) is 44.0 Å². The quantitative estimate of drug-likeness (QED) is 0.803. The molecular weight excluding hydrogens is 252 g/mol. The summed E-state index contributed by atoms with van der Waals surface area (Å²) in [7, 11) is 1.80. The Morgan fingerprint density at radius 1 is 1.15 bits per heavy atom. The standard InChI is InChI=1S/C15H26N4O/c1-5-9-16-13-11(2)14(19-12(3)18-13)17-10-15(20-4)7-6-8-15/h5-10H2,1-4H3,(H2,16,17,18,19). The number of hydrogen-bond donors (Lipinski definition) is 2. The number of aryl methyl sites for hydroxylation is 1. The highest BCUT2D eigenvalue weighted by Gasteiger charge is 2.36. The number of hydrogen-bond acceptors (Lipinski definition) is 5. The van der Waals surface area contributed by atoms with Crippen LogP contribution < -0.4 is 10.6 Å². The summed E-state index contributed by atoms with van der Waals surface area (Å²) in [5, 5.41) is 6.81. The van der Waals surface area contributed by atoms with Gasteiger partial charge in [-0.25, -0.2) is 9.97 Å². The lowest BCUT2D eigenvalue weighted by molar-refractivity contribution is -0.0601. The SMILES string of the molecule is CCCNc1nc(C)nc(NCC2(OC)CCC2)c1C. The second kappa shape index (κ2) is 6.39. The summed E-state index contributed by atoms with van der Waals surface area (Å²) in [6.45, 7) is 7.87. The Kier molecular flexibility index (Phi) is 4.81. The zero-order valence-electron chi connectivity index (χ0n) is 13.0. The lowest BCUT2D eigenvalue weighted by Crippen LogP contribution is -2.45. The molecule has 0 unspecified atom stereocenters. The Morgan fingerprint density at radius 2 is 1.80 bits per heavy atom. The van der Waals surface area contributed by atoms with Gasteiger partial charge < -0.3 is 15.4 Å². The lowest BCUT2D eigenvalue weighted by atomic mass is 9.80. The van der Waals surface area contributed by atoms with Crippen molar-refractivity contribution in [3.8, 4) is 0 Å². The zero-order chi connectivity index (χ0) is 14.6. The van der Waals surface area contributed by atoms with E-state index in [2.05, 4.69) is 34.4 Å². The van der Waals surface area contributed by atoms with E-state index in [-0.39, 0.29) is 5.60 Å². The molecule has 2 N–H and O–H groups in total. The third-order valence-electron chi connectivity index (χ3n) is 4.08. The van der Waals surface area contributed by atoms with Crippen LogP contribution in [-0.2, 0) is 4.74 Å². The monoisotopic (exact) mass is 278 g/mol. The molecule has 0 amide bonds. The molecule has 0 radical (unpaired) electrons. The number of ether oxygens (including phenoxy) is 1. The average Bonchev–Trinajstić information content (AvgIpc) is 2.39. The fraction of sp³-hybridized carbons (Fsp3) is 0.733. The smallest absolute Gasteiger partial charge is 0.134 e. The maximum Gasteiger partial charge on any atom is 0.134 e. The number of rotatable bonds is 7. The first-order valence-electron chi connectivity index (χ1n) is 7.48. The predicted molar refractivity (Wildman–Crippen MR) is 82.4 cm³/mol. The van der Waals surface area contributed by atoms with Gasteiger partial charge in [0.1, 0.15) is 17.5 Å². The van der Waals surface area contributed by atoms with Crippen LogP contribution in [0.5, 0.6) is 0 Å². The van der Waals surface area contributed by atoms with Gasteiger partial charge in [0.05, 0.1) is 5.60 Å². The van der Waals surface area contributed by atoms with Crippen LogP contribution in [0.3, 0.4) is 0 Å². The minimum Gasteiger partial charge on any atom is -0.376 e. The van der Waals surface area contributed by atoms with Crippen molar-refractivity contribution in [1.82, 2.24) is 9.97 Å². The molecule has 1 saturated carbocycles. The van der Waals surface area contributed by atoms with Crippen LogP contribution in [0, 0.1) is 13.8 Å². The molecule has 0 atom stereocenters. The Morgan fingerprint density at radius 3 is 2.30 bits per heavy atom. The maximum atomic E-state index is 5.64. The van der Waals surface area contributed by atoms with Crippen molar-refractivity contribution in [3.05, 3.63) is 11.4 Å². The van der Waals surface area contributed by atoms with Crippen molar-refractivity contribution in [1.29, 1.82) is 0 Å². The molecule has 1 aliphatic carbocycles. The fourth-order valence-electron chi connectivity index (χ4n) is 2.49. The highest BCUT2D eigenvalue weighted by Crippen LogP contribution is 2.35. The second-order valence-corrected chi connectivity index (χ2v) is 5.61. The molecule has 1 heterocycles. The van der Waals surface area contributed by atoms with Crippen molar-refractivity contribution < 1.29 is 4.74 Å². The van der Waals surface area contributed by atoms with E-state index in [1.54, 1.807) is 7.11 Å². The normalized spacial score (nSPS) is 16.6. The Hall–Kier alpha value is -1.36. The molecule has 0 aromatic carbocycles. The minimum absolute atomic E-state index is 0.00229. The largest absolute Gasteiger partial charge is 0.376 e. The van der Waals surface area contributed by atoms with Gasteiger partial charge in [-0.2, -0.15) is 0 Å². The van der Waals surface area contributed by atoms with E-state index in [0.29, 0.717) is 0 Å². The number of nitrogens with one attached hydrogen (secondary N) is 2. The van der Waals surface area contributed by atoms with E-state index in [4.69, 9.17) is 4.74 Å². The first-order chi connectivity index (χ1) is 9.60. The van der Waals surface area contributed by atoms with Crippen molar-refractivity contribution in [2.75, 3.05) is 30.8 Å². The number of nitrogens with zero attached hydrogens (tertiary/aromatic N) is 2. The van der Waals surface area contributed by atoms with E-state index in [0.717, 1.165) is 55.4 Å². The van der Waals surface area contributed by atoms with Crippen LogP contribution in [0.15, 0.2) is 0 Å². The topological polar surface area (TPSA) is 59.1 Å². The molecule has 5 nitrogen and oxygen atoms in total. The minimum atomic E-state index is 0.00229. The average molecular weight is 278 g/mol. The summed E-state index contributed by atoms with van der Waals surface area (Å²) in [6.07, 6.45) is 4.58. The van der Waals surface area contributed by atoms with E-state index in [1.807, 2.05) is 6.92 Å². The van der Waals surface area contributed by atoms with E-state index in [9.17, 15) is 0 Å². The summed E-state index contributed by atoms with van der Waals surface area (Å²) in [4.78, 5) is 9.00. The molecule has 0 bridgehead atoms. The highest BCUT2D eigenvalue weighted by molar-refractivity contribution is 5.57. The van der Waals surface area contributed by atoms with Gasteiger partial charge in [-0.3, -0.25) is 0 Å². The van der Waals surface area contributed by atoms with Crippen molar-refractivity contribution >= 4 is 11.6 Å². The molecule has 1 fully saturated rings. The van der Waals surface area contributed by atoms with Crippen LogP contribution in [0.2, 0.25) is 0 Å². The molecule has 1 aliphatic rings. The fourth-order valence-corrected chi connectivity index (χ4v) is 2.49. The first-order valence-corrected chi connectivity index (χ1v) is 7.48. The summed E-state index contributed by atoms with van der Waals surface area (Å²) in [5.41, 5.74) is 1.08. The number of anilines is 2. The third-order valence-corrected chi connectivity index (χ3v) is 4.08. The van der Waals surface area contributed by atoms with E-state index in [1.165, 1.54) is 6.42 Å². The van der Waals surface area contributed by atoms with Gasteiger partial charge >= 0.3 is 0 Å². The molecule has 20 heavy (non-hydrogen) atoms. The Bertz CT molecular complexity index is 452. The van der Waals surface area contributed by atoms with Gasteiger partial charge in [0.2, 0.25) is 0 Å². The molecule has 0 aliphatic heterocycles. The van der Waals surface area contributed by atoms with Crippen LogP contribution in [-0.4, -0.2) is 35.8 Å². The van der Waals surface area contributed by atoms with Crippen molar-refractivity contribution in [2.24, 2.45) is 0 Å². The number of aromatic nitrogens is 2. The highest BCUT2D eigenvalue weighted by atomic mass is 16.5. The molecule has 1 aromatic rings. The number of methoxy groups -OCH3 is 1. The van der Waals surface area contributed by atoms with Gasteiger partial charge in [0.15, 0.2) is 0 Å². The van der Waals surface area contributed by atoms with Gasteiger partial charge in [-0.1, -0.05) is 6.92 Å². The van der Waals surface area contributed by atoms with E-state index < -0.39 is 0 Å². The summed E-state index contributed by atoms with van der Waals surface area (Å²) in [6, 6.07) is 0. The molecule has 0 saturated heterocycles. The van der Waals surface area contributed by atoms with Gasteiger partial charge in [0.25, 0.3) is 0 Å². The zero-order valence-corrected chi connectivity index (χ0v) is 13.0. The van der Waals surface area contributed by atoms with Gasteiger partial charge in [0, 0.05) is 25.8 Å². The summed E-state index contributed by atoms with van der Waals surface area (Å²) >= 11 is 0. The lowest BCUT2D eigenvalue weighted by Gasteiger charge is -2.40. The molecular formula is C15H26N4O. The first kappa shape index (κ1) is 15.0. The second-order valence-electron chi connectivity index (χ2n) is 5.61. The molecule has 5 heteroatoms. The van der Waals surface area contributed by atoms with Crippen LogP contribution in [0.4, 0.5) is 11.6 Å². The van der Waals surface area contributed by atoms with Crippen molar-refractivity contribution in [2.45, 2.75) is 52.1 Å². The maximum absolute atomic E-state index is 5.64. The van der Waals surface area contributed by atoms with Gasteiger partial charge in [-0.15, -0.1) is 0 Å². The van der Waals surface area contributed by atoms with Crippen LogP contribution >= 0.6 is 0 Å². The predicted octanol–water partition coefficient (Wildman–Crippen LogP) is 2.90. The van der Waals surface area contributed by atoms with Crippen molar-refractivity contribution in [3.63, 3.8) is 0 Å². The molecule has 1 aromatic heterocycles. The summed E-state index contributed by atoms with van der Waals surface area (Å²) < 4.78 is 5.64. The molecule has 2 rings (SSSR count). The third kappa shape index (κ3) is 3.20. The molecule has 0 spiro atoms.